The second-order valence-electron chi connectivity index (χ2n) is 6.59. The zero-order chi connectivity index (χ0) is 18.5. The summed E-state index contributed by atoms with van der Waals surface area (Å²) in [5, 5.41) is 5.87. The predicted octanol–water partition coefficient (Wildman–Crippen LogP) is 4.10. The van der Waals surface area contributed by atoms with Crippen LogP contribution in [0.5, 0.6) is 0 Å². The number of carbonyl (C=O) groups excluding carboxylic acids is 1. The van der Waals surface area contributed by atoms with Crippen LogP contribution in [0.15, 0.2) is 60.2 Å². The van der Waals surface area contributed by atoms with Crippen LogP contribution < -0.4 is 5.32 Å². The van der Waals surface area contributed by atoms with Crippen molar-refractivity contribution >= 4 is 17.2 Å². The summed E-state index contributed by atoms with van der Waals surface area (Å²) in [6.45, 7) is 1.46. The van der Waals surface area contributed by atoms with Crippen LogP contribution in [0.2, 0.25) is 0 Å². The van der Waals surface area contributed by atoms with Gasteiger partial charge < -0.3 is 10.1 Å². The zero-order valence-electron chi connectivity index (χ0n) is 14.9. The number of hydrogen-bond acceptors (Lipinski definition) is 5. The second-order valence-corrected chi connectivity index (χ2v) is 7.45. The number of thiazole rings is 1. The van der Waals surface area contributed by atoms with Gasteiger partial charge in [-0.25, -0.2) is 4.98 Å². The number of aromatic nitrogens is 2. The fourth-order valence-corrected chi connectivity index (χ4v) is 4.20. The summed E-state index contributed by atoms with van der Waals surface area (Å²) in [5.41, 5.74) is 2.51. The molecule has 1 aromatic carbocycles. The maximum atomic E-state index is 12.9. The topological polar surface area (TPSA) is 64.1 Å². The first-order chi connectivity index (χ1) is 13.3. The first-order valence-electron chi connectivity index (χ1n) is 9.11. The van der Waals surface area contributed by atoms with Crippen molar-refractivity contribution < 1.29 is 9.53 Å². The summed E-state index contributed by atoms with van der Waals surface area (Å²) in [4.78, 5) is 21.7. The Morgan fingerprint density at radius 3 is 2.70 bits per heavy atom. The average molecular weight is 379 g/mol. The molecule has 1 atom stereocenters. The van der Waals surface area contributed by atoms with Gasteiger partial charge in [-0.3, -0.25) is 9.78 Å². The number of rotatable bonds is 5. The Hall–Kier alpha value is -2.57. The van der Waals surface area contributed by atoms with E-state index >= 15 is 0 Å². The number of carbonyl (C=O) groups is 1. The lowest BCUT2D eigenvalue weighted by Gasteiger charge is -2.31. The Kier molecular flexibility index (Phi) is 5.55. The van der Waals surface area contributed by atoms with E-state index in [0.29, 0.717) is 11.6 Å². The molecule has 0 bridgehead atoms. The smallest absolute Gasteiger partial charge is 0.271 e. The molecule has 2 aromatic heterocycles. The molecule has 4 rings (SSSR count). The average Bonchev–Trinajstić information content (AvgIpc) is 3.24. The van der Waals surface area contributed by atoms with Gasteiger partial charge in [0.05, 0.1) is 6.04 Å². The van der Waals surface area contributed by atoms with Gasteiger partial charge in [-0.15, -0.1) is 11.3 Å². The number of hydrogen-bond donors (Lipinski definition) is 1. The summed E-state index contributed by atoms with van der Waals surface area (Å²) >= 11 is 1.49. The lowest BCUT2D eigenvalue weighted by atomic mass is 9.87. The molecule has 1 aliphatic rings. The van der Waals surface area contributed by atoms with E-state index < -0.39 is 0 Å². The molecule has 3 aromatic rings. The minimum atomic E-state index is -0.145. The monoisotopic (exact) mass is 379 g/mol. The quantitative estimate of drug-likeness (QED) is 0.725. The van der Waals surface area contributed by atoms with Gasteiger partial charge in [0.1, 0.15) is 10.7 Å². The van der Waals surface area contributed by atoms with Crippen molar-refractivity contribution in [1.29, 1.82) is 0 Å². The van der Waals surface area contributed by atoms with Crippen molar-refractivity contribution in [3.8, 4) is 10.6 Å². The summed E-state index contributed by atoms with van der Waals surface area (Å²) in [6.07, 6.45) is 5.42. The lowest BCUT2D eigenvalue weighted by Crippen LogP contribution is -2.36. The number of ether oxygens (including phenoxy) is 1. The maximum Gasteiger partial charge on any atom is 0.271 e. The minimum Gasteiger partial charge on any atom is -0.381 e. The van der Waals surface area contributed by atoms with Crippen LogP contribution in [0.3, 0.4) is 0 Å². The Labute approximate surface area is 162 Å². The number of benzene rings is 1. The van der Waals surface area contributed by atoms with Gasteiger partial charge in [-0.05, 0) is 30.4 Å². The third-order valence-corrected chi connectivity index (χ3v) is 5.72. The normalized spacial score (nSPS) is 16.0. The molecule has 0 saturated carbocycles. The van der Waals surface area contributed by atoms with E-state index in [-0.39, 0.29) is 11.9 Å². The van der Waals surface area contributed by atoms with Crippen molar-refractivity contribution in [3.05, 3.63) is 71.5 Å². The van der Waals surface area contributed by atoms with E-state index in [2.05, 4.69) is 15.3 Å². The Bertz CT molecular complexity index is 877. The maximum absolute atomic E-state index is 12.9. The van der Waals surface area contributed by atoms with E-state index in [9.17, 15) is 4.79 Å². The summed E-state index contributed by atoms with van der Waals surface area (Å²) < 4.78 is 5.49. The molecule has 1 aliphatic heterocycles. The summed E-state index contributed by atoms with van der Waals surface area (Å²) in [7, 11) is 0. The van der Waals surface area contributed by atoms with Crippen molar-refractivity contribution in [3.63, 3.8) is 0 Å². The molecule has 27 heavy (non-hydrogen) atoms. The van der Waals surface area contributed by atoms with Crippen LogP contribution in [0.1, 0.15) is 34.9 Å². The van der Waals surface area contributed by atoms with Gasteiger partial charge >= 0.3 is 0 Å². The predicted molar refractivity (Wildman–Crippen MR) is 106 cm³/mol. The number of pyridine rings is 1. The molecule has 1 saturated heterocycles. The summed E-state index contributed by atoms with van der Waals surface area (Å²) in [6, 6.07) is 13.8. The number of nitrogens with one attached hydrogen (secondary N) is 1. The van der Waals surface area contributed by atoms with E-state index in [4.69, 9.17) is 4.74 Å². The van der Waals surface area contributed by atoms with Crippen LogP contribution in [0.4, 0.5) is 0 Å². The van der Waals surface area contributed by atoms with Gasteiger partial charge in [0.15, 0.2) is 0 Å². The molecule has 0 aliphatic carbocycles. The molecule has 3 heterocycles. The molecule has 1 fully saturated rings. The van der Waals surface area contributed by atoms with Crippen molar-refractivity contribution in [1.82, 2.24) is 15.3 Å². The fraction of sp³-hybridized carbons (Fsp3) is 0.286. The third kappa shape index (κ3) is 4.23. The molecule has 138 valence electrons. The minimum absolute atomic E-state index is 0.0861. The van der Waals surface area contributed by atoms with E-state index in [1.54, 1.807) is 6.20 Å². The fourth-order valence-electron chi connectivity index (χ4n) is 3.39. The van der Waals surface area contributed by atoms with E-state index in [1.807, 2.05) is 54.0 Å². The standard InChI is InChI=1S/C21H21N3O2S/c25-20(18-14-27-21(23-18)16-5-2-1-3-6-16)24-19(15-8-11-26-12-9-15)17-7-4-10-22-13-17/h1-7,10,13-15,19H,8-9,11-12H2,(H,24,25). The Morgan fingerprint density at radius 2 is 1.96 bits per heavy atom. The SMILES string of the molecule is O=C(NC(c1cccnc1)C1CCOCC1)c1csc(-c2ccccc2)n1. The number of nitrogens with zero attached hydrogens (tertiary/aromatic N) is 2. The van der Waals surface area contributed by atoms with Gasteiger partial charge in [0, 0.05) is 36.6 Å². The Morgan fingerprint density at radius 1 is 1.15 bits per heavy atom. The van der Waals surface area contributed by atoms with E-state index in [0.717, 1.165) is 42.2 Å². The number of amides is 1. The first kappa shape index (κ1) is 17.8. The highest BCUT2D eigenvalue weighted by Gasteiger charge is 2.28. The third-order valence-electron chi connectivity index (χ3n) is 4.83. The zero-order valence-corrected chi connectivity index (χ0v) is 15.7. The highest BCUT2D eigenvalue weighted by atomic mass is 32.1. The molecule has 1 unspecified atom stereocenters. The largest absolute Gasteiger partial charge is 0.381 e. The van der Waals surface area contributed by atoms with Crippen molar-refractivity contribution in [2.75, 3.05) is 13.2 Å². The molecule has 6 heteroatoms. The second kappa shape index (κ2) is 8.41. The van der Waals surface area contributed by atoms with Gasteiger partial charge in [0.25, 0.3) is 5.91 Å². The van der Waals surface area contributed by atoms with E-state index in [1.165, 1.54) is 11.3 Å². The molecule has 1 N–H and O–H groups in total. The van der Waals surface area contributed by atoms with Crippen LogP contribution in [-0.4, -0.2) is 29.1 Å². The van der Waals surface area contributed by atoms with Gasteiger partial charge in [-0.2, -0.15) is 0 Å². The van der Waals surface area contributed by atoms with Crippen LogP contribution in [0.25, 0.3) is 10.6 Å². The molecule has 0 radical (unpaired) electrons. The summed E-state index contributed by atoms with van der Waals surface area (Å²) in [5.74, 6) is 0.188. The molecular formula is C21H21N3O2S. The highest BCUT2D eigenvalue weighted by Crippen LogP contribution is 2.30. The molecule has 5 nitrogen and oxygen atoms in total. The lowest BCUT2D eigenvalue weighted by molar-refractivity contribution is 0.0513. The van der Waals surface area contributed by atoms with Gasteiger partial charge in [0.2, 0.25) is 0 Å². The first-order valence-corrected chi connectivity index (χ1v) is 9.99. The Balaban J connectivity index is 1.54. The van der Waals surface area contributed by atoms with Crippen molar-refractivity contribution in [2.45, 2.75) is 18.9 Å². The van der Waals surface area contributed by atoms with Crippen LogP contribution in [0, 0.1) is 5.92 Å². The highest BCUT2D eigenvalue weighted by molar-refractivity contribution is 7.13. The van der Waals surface area contributed by atoms with Crippen molar-refractivity contribution in [2.24, 2.45) is 5.92 Å². The van der Waals surface area contributed by atoms with Crippen LogP contribution in [-0.2, 0) is 4.74 Å². The van der Waals surface area contributed by atoms with Crippen LogP contribution >= 0.6 is 11.3 Å². The van der Waals surface area contributed by atoms with Gasteiger partial charge in [-0.1, -0.05) is 36.4 Å². The molecule has 1 amide bonds. The molecular weight excluding hydrogens is 358 g/mol. The molecule has 0 spiro atoms.